The highest BCUT2D eigenvalue weighted by Crippen LogP contribution is 2.15. The maximum absolute atomic E-state index is 12.2. The molecule has 2 aromatic rings. The van der Waals surface area contributed by atoms with E-state index in [9.17, 15) is 13.2 Å². The Balaban J connectivity index is 1.93. The van der Waals surface area contributed by atoms with Gasteiger partial charge in [-0.05, 0) is 48.4 Å². The minimum absolute atomic E-state index is 0.146. The Morgan fingerprint density at radius 2 is 1.60 bits per heavy atom. The van der Waals surface area contributed by atoms with Gasteiger partial charge in [-0.15, -0.1) is 0 Å². The van der Waals surface area contributed by atoms with Crippen LogP contribution >= 0.6 is 0 Å². The van der Waals surface area contributed by atoms with Crippen LogP contribution < -0.4 is 14.9 Å². The van der Waals surface area contributed by atoms with Gasteiger partial charge in [-0.1, -0.05) is 19.1 Å². The lowest BCUT2D eigenvalue weighted by atomic mass is 10.2. The number of amides is 1. The lowest BCUT2D eigenvalue weighted by molar-refractivity contribution is -0.115. The van der Waals surface area contributed by atoms with E-state index in [2.05, 4.69) is 10.0 Å². The average molecular weight is 361 g/mol. The SMILES string of the molecule is CCc1ccc(S(=O)(=O)NCC(=O)Nc2ccc(N(C)C)cc2)cc1. The van der Waals surface area contributed by atoms with Crippen molar-refractivity contribution in [3.05, 3.63) is 54.1 Å². The first kappa shape index (κ1) is 19.0. The summed E-state index contributed by atoms with van der Waals surface area (Å²) in [6, 6.07) is 13.9. The summed E-state index contributed by atoms with van der Waals surface area (Å²) in [4.78, 5) is 14.1. The van der Waals surface area contributed by atoms with E-state index < -0.39 is 15.9 Å². The zero-order valence-corrected chi connectivity index (χ0v) is 15.4. The first-order chi connectivity index (χ1) is 11.8. The minimum atomic E-state index is -3.71. The second-order valence-corrected chi connectivity index (χ2v) is 7.58. The number of carbonyl (C=O) groups is 1. The normalized spacial score (nSPS) is 11.2. The van der Waals surface area contributed by atoms with Crippen LogP contribution in [0.4, 0.5) is 11.4 Å². The summed E-state index contributed by atoms with van der Waals surface area (Å²) in [5.74, 6) is -0.425. The third-order valence-corrected chi connectivity index (χ3v) is 5.15. The van der Waals surface area contributed by atoms with Gasteiger partial charge in [-0.2, -0.15) is 0 Å². The summed E-state index contributed by atoms with van der Waals surface area (Å²) >= 11 is 0. The second-order valence-electron chi connectivity index (χ2n) is 5.81. The maximum Gasteiger partial charge on any atom is 0.241 e. The van der Waals surface area contributed by atoms with E-state index >= 15 is 0 Å². The molecule has 0 aromatic heterocycles. The van der Waals surface area contributed by atoms with Gasteiger partial charge < -0.3 is 10.2 Å². The van der Waals surface area contributed by atoms with Gasteiger partial charge in [-0.25, -0.2) is 13.1 Å². The summed E-state index contributed by atoms with van der Waals surface area (Å²) in [6.07, 6.45) is 0.836. The molecule has 0 atom stereocenters. The molecule has 0 spiro atoms. The molecule has 0 aliphatic carbocycles. The molecule has 0 aliphatic rings. The lowest BCUT2D eigenvalue weighted by Gasteiger charge is -2.13. The second kappa shape index (κ2) is 8.13. The van der Waals surface area contributed by atoms with Gasteiger partial charge in [0.2, 0.25) is 15.9 Å². The minimum Gasteiger partial charge on any atom is -0.378 e. The Kier molecular flexibility index (Phi) is 6.17. The van der Waals surface area contributed by atoms with Crippen molar-refractivity contribution in [2.45, 2.75) is 18.2 Å². The molecule has 7 heteroatoms. The van der Waals surface area contributed by atoms with Crippen LogP contribution in [0.5, 0.6) is 0 Å². The lowest BCUT2D eigenvalue weighted by Crippen LogP contribution is -2.32. The Hall–Kier alpha value is -2.38. The smallest absolute Gasteiger partial charge is 0.241 e. The van der Waals surface area contributed by atoms with Crippen LogP contribution in [0, 0.1) is 0 Å². The number of anilines is 2. The van der Waals surface area contributed by atoms with Crippen LogP contribution in [0.25, 0.3) is 0 Å². The molecule has 0 fully saturated rings. The number of aryl methyl sites for hydroxylation is 1. The van der Waals surface area contributed by atoms with E-state index in [1.807, 2.05) is 38.1 Å². The predicted octanol–water partition coefficient (Wildman–Crippen LogP) is 2.23. The number of benzene rings is 2. The molecule has 2 rings (SSSR count). The maximum atomic E-state index is 12.2. The van der Waals surface area contributed by atoms with Crippen LogP contribution in [0.2, 0.25) is 0 Å². The number of sulfonamides is 1. The molecule has 2 aromatic carbocycles. The number of nitrogens with zero attached hydrogens (tertiary/aromatic N) is 1. The fourth-order valence-corrected chi connectivity index (χ4v) is 3.18. The zero-order chi connectivity index (χ0) is 18.4. The molecular weight excluding hydrogens is 338 g/mol. The standard InChI is InChI=1S/C18H23N3O3S/c1-4-14-5-11-17(12-6-14)25(23,24)19-13-18(22)20-15-7-9-16(10-8-15)21(2)3/h5-12,19H,4,13H2,1-3H3,(H,20,22). The summed E-state index contributed by atoms with van der Waals surface area (Å²) in [5, 5.41) is 2.67. The molecule has 0 saturated heterocycles. The predicted molar refractivity (Wildman–Crippen MR) is 100 cm³/mol. The van der Waals surface area contributed by atoms with Gasteiger partial charge in [0.05, 0.1) is 11.4 Å². The van der Waals surface area contributed by atoms with Crippen LogP contribution in [0.3, 0.4) is 0 Å². The Morgan fingerprint density at radius 1 is 1.00 bits per heavy atom. The quantitative estimate of drug-likeness (QED) is 0.793. The fraction of sp³-hybridized carbons (Fsp3) is 0.278. The van der Waals surface area contributed by atoms with Crippen LogP contribution in [-0.2, 0) is 21.2 Å². The summed E-state index contributed by atoms with van der Waals surface area (Å²) in [5.41, 5.74) is 2.68. The molecule has 134 valence electrons. The van der Waals surface area contributed by atoms with E-state index in [0.29, 0.717) is 5.69 Å². The summed E-state index contributed by atoms with van der Waals surface area (Å²) in [7, 11) is 0.144. The van der Waals surface area contributed by atoms with Crippen molar-refractivity contribution in [1.82, 2.24) is 4.72 Å². The molecule has 1 amide bonds. The Morgan fingerprint density at radius 3 is 2.12 bits per heavy atom. The van der Waals surface area contributed by atoms with Crippen molar-refractivity contribution >= 4 is 27.3 Å². The van der Waals surface area contributed by atoms with Crippen LogP contribution in [0.15, 0.2) is 53.4 Å². The molecular formula is C18H23N3O3S. The number of hydrogen-bond donors (Lipinski definition) is 2. The van der Waals surface area contributed by atoms with Crippen LogP contribution in [0.1, 0.15) is 12.5 Å². The number of carbonyl (C=O) groups excluding carboxylic acids is 1. The molecule has 0 radical (unpaired) electrons. The van der Waals surface area contributed by atoms with Gasteiger partial charge in [0.25, 0.3) is 0 Å². The van der Waals surface area contributed by atoms with Crippen molar-refractivity contribution in [2.24, 2.45) is 0 Å². The number of nitrogens with one attached hydrogen (secondary N) is 2. The van der Waals surface area contributed by atoms with Gasteiger partial charge in [0, 0.05) is 25.5 Å². The third kappa shape index (κ3) is 5.30. The van der Waals surface area contributed by atoms with Gasteiger partial charge in [0.1, 0.15) is 0 Å². The first-order valence-corrected chi connectivity index (χ1v) is 9.46. The highest BCUT2D eigenvalue weighted by atomic mass is 32.2. The molecule has 0 bridgehead atoms. The Labute approximate surface area is 148 Å². The molecule has 0 heterocycles. The van der Waals surface area contributed by atoms with E-state index in [1.165, 1.54) is 0 Å². The van der Waals surface area contributed by atoms with Crippen LogP contribution in [-0.4, -0.2) is 35.0 Å². The summed E-state index contributed by atoms with van der Waals surface area (Å²) in [6.45, 7) is 1.67. The van der Waals surface area contributed by atoms with Crippen molar-refractivity contribution < 1.29 is 13.2 Å². The van der Waals surface area contributed by atoms with Crippen molar-refractivity contribution in [3.8, 4) is 0 Å². The molecule has 2 N–H and O–H groups in total. The topological polar surface area (TPSA) is 78.5 Å². The number of rotatable bonds is 7. The monoisotopic (exact) mass is 361 g/mol. The van der Waals surface area contributed by atoms with E-state index in [0.717, 1.165) is 17.7 Å². The van der Waals surface area contributed by atoms with Crippen molar-refractivity contribution in [3.63, 3.8) is 0 Å². The molecule has 25 heavy (non-hydrogen) atoms. The van der Waals surface area contributed by atoms with Crippen molar-refractivity contribution in [2.75, 3.05) is 30.9 Å². The van der Waals surface area contributed by atoms with E-state index in [4.69, 9.17) is 0 Å². The highest BCUT2D eigenvalue weighted by molar-refractivity contribution is 7.89. The van der Waals surface area contributed by atoms with E-state index in [-0.39, 0.29) is 11.4 Å². The zero-order valence-electron chi connectivity index (χ0n) is 14.6. The third-order valence-electron chi connectivity index (χ3n) is 3.73. The summed E-state index contributed by atoms with van der Waals surface area (Å²) < 4.78 is 26.7. The fourth-order valence-electron chi connectivity index (χ4n) is 2.20. The van der Waals surface area contributed by atoms with Gasteiger partial charge in [0.15, 0.2) is 0 Å². The first-order valence-electron chi connectivity index (χ1n) is 7.97. The largest absolute Gasteiger partial charge is 0.378 e. The Bertz CT molecular complexity index is 814. The number of hydrogen-bond acceptors (Lipinski definition) is 4. The average Bonchev–Trinajstić information content (AvgIpc) is 2.60. The molecule has 0 aliphatic heterocycles. The van der Waals surface area contributed by atoms with Gasteiger partial charge >= 0.3 is 0 Å². The molecule has 6 nitrogen and oxygen atoms in total. The molecule has 0 unspecified atom stereocenters. The van der Waals surface area contributed by atoms with E-state index in [1.54, 1.807) is 36.4 Å². The van der Waals surface area contributed by atoms with Gasteiger partial charge in [-0.3, -0.25) is 4.79 Å². The molecule has 0 saturated carbocycles. The van der Waals surface area contributed by atoms with Crippen molar-refractivity contribution in [1.29, 1.82) is 0 Å². The highest BCUT2D eigenvalue weighted by Gasteiger charge is 2.15.